The first-order valence-corrected chi connectivity index (χ1v) is 8.75. The lowest BCUT2D eigenvalue weighted by atomic mass is 9.89. The number of benzene rings is 2. The van der Waals surface area contributed by atoms with Gasteiger partial charge >= 0.3 is 5.97 Å². The molecular weight excluding hydrogens is 350 g/mol. The first kappa shape index (κ1) is 18.2. The summed E-state index contributed by atoms with van der Waals surface area (Å²) in [6, 6.07) is 16.5. The van der Waals surface area contributed by atoms with Gasteiger partial charge < -0.3 is 9.64 Å². The first-order valence-electron chi connectivity index (χ1n) is 8.37. The van der Waals surface area contributed by atoms with E-state index in [1.54, 1.807) is 35.2 Å². The van der Waals surface area contributed by atoms with Gasteiger partial charge in [-0.1, -0.05) is 55.8 Å². The third-order valence-electron chi connectivity index (χ3n) is 4.35. The molecule has 1 heterocycles. The summed E-state index contributed by atoms with van der Waals surface area (Å²) in [6.07, 6.45) is 2.16. The molecule has 5 heteroatoms. The van der Waals surface area contributed by atoms with Crippen LogP contribution in [0.5, 0.6) is 0 Å². The minimum Gasteiger partial charge on any atom is -0.448 e. The quantitative estimate of drug-likeness (QED) is 0.595. The molecule has 0 N–H and O–H groups in total. The average Bonchev–Trinajstić information content (AvgIpc) is 2.85. The van der Waals surface area contributed by atoms with Gasteiger partial charge in [-0.2, -0.15) is 0 Å². The van der Waals surface area contributed by atoms with Crippen LogP contribution >= 0.6 is 11.6 Å². The summed E-state index contributed by atoms with van der Waals surface area (Å²) in [5.74, 6) is -0.740. The van der Waals surface area contributed by atoms with Gasteiger partial charge in [-0.3, -0.25) is 4.79 Å². The Morgan fingerprint density at radius 2 is 1.81 bits per heavy atom. The molecule has 0 spiro atoms. The Balaban J connectivity index is 1.71. The predicted molar refractivity (Wildman–Crippen MR) is 103 cm³/mol. The van der Waals surface area contributed by atoms with E-state index >= 15 is 0 Å². The molecule has 1 amide bonds. The zero-order valence-electron chi connectivity index (χ0n) is 14.7. The van der Waals surface area contributed by atoms with Gasteiger partial charge in [-0.15, -0.1) is 0 Å². The van der Waals surface area contributed by atoms with Gasteiger partial charge in [-0.25, -0.2) is 4.79 Å². The normalized spacial score (nSPS) is 19.1. The van der Waals surface area contributed by atoms with Crippen LogP contribution in [0.25, 0.3) is 6.08 Å². The van der Waals surface area contributed by atoms with Crippen molar-refractivity contribution in [3.63, 3.8) is 0 Å². The molecule has 1 aliphatic heterocycles. The van der Waals surface area contributed by atoms with E-state index in [1.807, 2.05) is 44.2 Å². The largest absolute Gasteiger partial charge is 0.448 e. The summed E-state index contributed by atoms with van der Waals surface area (Å²) in [7, 11) is 0. The number of rotatable bonds is 4. The summed E-state index contributed by atoms with van der Waals surface area (Å²) in [5.41, 5.74) is 1.16. The van der Waals surface area contributed by atoms with E-state index in [0.29, 0.717) is 11.6 Å². The lowest BCUT2D eigenvalue weighted by Crippen LogP contribution is -2.35. The number of para-hydroxylation sites is 1. The summed E-state index contributed by atoms with van der Waals surface area (Å²) in [5, 5.41) is 0.629. The van der Waals surface area contributed by atoms with Gasteiger partial charge in [0.05, 0.1) is 0 Å². The van der Waals surface area contributed by atoms with Crippen LogP contribution in [0.1, 0.15) is 19.4 Å². The molecule has 1 atom stereocenters. The molecule has 0 aromatic heterocycles. The topological polar surface area (TPSA) is 46.6 Å². The van der Waals surface area contributed by atoms with Crippen molar-refractivity contribution in [1.29, 1.82) is 0 Å². The number of amides is 1. The second-order valence-electron chi connectivity index (χ2n) is 6.95. The van der Waals surface area contributed by atoms with E-state index in [1.165, 1.54) is 6.08 Å². The van der Waals surface area contributed by atoms with Crippen LogP contribution in [-0.2, 0) is 14.3 Å². The maximum Gasteiger partial charge on any atom is 0.331 e. The van der Waals surface area contributed by atoms with Gasteiger partial charge in [0.25, 0.3) is 5.91 Å². The molecule has 134 valence electrons. The van der Waals surface area contributed by atoms with Crippen LogP contribution in [0.3, 0.4) is 0 Å². The lowest BCUT2D eigenvalue weighted by molar-refractivity contribution is -0.153. The van der Waals surface area contributed by atoms with Crippen molar-refractivity contribution in [2.75, 3.05) is 11.4 Å². The number of esters is 1. The second kappa shape index (κ2) is 7.34. The molecule has 26 heavy (non-hydrogen) atoms. The molecule has 1 aliphatic rings. The van der Waals surface area contributed by atoms with Crippen LogP contribution in [0, 0.1) is 5.41 Å². The Morgan fingerprint density at radius 1 is 1.15 bits per heavy atom. The predicted octanol–water partition coefficient (Wildman–Crippen LogP) is 4.34. The number of nitrogens with zero attached hydrogens (tertiary/aromatic N) is 1. The number of carbonyl (C=O) groups is 2. The summed E-state index contributed by atoms with van der Waals surface area (Å²) >= 11 is 5.84. The van der Waals surface area contributed by atoms with Crippen LogP contribution in [0.2, 0.25) is 5.02 Å². The fraction of sp³-hybridized carbons (Fsp3) is 0.238. The zero-order chi connectivity index (χ0) is 18.7. The fourth-order valence-electron chi connectivity index (χ4n) is 2.97. The van der Waals surface area contributed by atoms with E-state index in [-0.39, 0.29) is 5.91 Å². The fourth-order valence-corrected chi connectivity index (χ4v) is 3.10. The molecule has 1 fully saturated rings. The number of halogens is 1. The Morgan fingerprint density at radius 3 is 2.46 bits per heavy atom. The van der Waals surface area contributed by atoms with Gasteiger partial charge in [0.15, 0.2) is 6.10 Å². The molecular formula is C21H20ClNO3. The van der Waals surface area contributed by atoms with Gasteiger partial charge in [0, 0.05) is 28.7 Å². The Labute approximate surface area is 158 Å². The summed E-state index contributed by atoms with van der Waals surface area (Å²) < 4.78 is 5.49. The van der Waals surface area contributed by atoms with Gasteiger partial charge in [0.1, 0.15) is 0 Å². The Kier molecular flexibility index (Phi) is 5.14. The van der Waals surface area contributed by atoms with Crippen molar-refractivity contribution >= 4 is 35.2 Å². The monoisotopic (exact) mass is 369 g/mol. The van der Waals surface area contributed by atoms with E-state index in [9.17, 15) is 9.59 Å². The van der Waals surface area contributed by atoms with Crippen molar-refractivity contribution < 1.29 is 14.3 Å². The van der Waals surface area contributed by atoms with Gasteiger partial charge in [-0.05, 0) is 35.9 Å². The minimum atomic E-state index is -0.815. The maximum absolute atomic E-state index is 12.8. The molecule has 1 unspecified atom stereocenters. The third-order valence-corrected chi connectivity index (χ3v) is 4.60. The number of carbonyl (C=O) groups excluding carboxylic acids is 2. The molecule has 0 bridgehead atoms. The maximum atomic E-state index is 12.8. The lowest BCUT2D eigenvalue weighted by Gasteiger charge is -2.22. The smallest absolute Gasteiger partial charge is 0.331 e. The van der Waals surface area contributed by atoms with E-state index < -0.39 is 17.5 Å². The summed E-state index contributed by atoms with van der Waals surface area (Å²) in [6.45, 7) is 4.35. The minimum absolute atomic E-state index is 0.200. The zero-order valence-corrected chi connectivity index (χ0v) is 15.4. The summed E-state index contributed by atoms with van der Waals surface area (Å²) in [4.78, 5) is 26.7. The molecule has 2 aromatic rings. The number of anilines is 1. The molecule has 0 saturated carbocycles. The molecule has 1 saturated heterocycles. The Bertz CT molecular complexity index is 828. The highest BCUT2D eigenvalue weighted by Gasteiger charge is 2.49. The molecule has 4 nitrogen and oxygen atoms in total. The van der Waals surface area contributed by atoms with E-state index in [4.69, 9.17) is 16.3 Å². The first-order chi connectivity index (χ1) is 12.4. The molecule has 0 radical (unpaired) electrons. The van der Waals surface area contributed by atoms with E-state index in [0.717, 1.165) is 11.3 Å². The van der Waals surface area contributed by atoms with Gasteiger partial charge in [0.2, 0.25) is 0 Å². The number of hydrogen-bond acceptors (Lipinski definition) is 3. The van der Waals surface area contributed by atoms with E-state index in [2.05, 4.69) is 0 Å². The van der Waals surface area contributed by atoms with Crippen molar-refractivity contribution in [3.8, 4) is 0 Å². The SMILES string of the molecule is CC1(C)CN(c2ccccc2)C(=O)C1OC(=O)/C=C/c1ccc(Cl)cc1. The molecule has 3 rings (SSSR count). The number of hydrogen-bond donors (Lipinski definition) is 0. The highest BCUT2D eigenvalue weighted by atomic mass is 35.5. The number of ether oxygens (including phenoxy) is 1. The van der Waals surface area contributed by atoms with Crippen LogP contribution in [-0.4, -0.2) is 24.5 Å². The highest BCUT2D eigenvalue weighted by Crippen LogP contribution is 2.36. The highest BCUT2D eigenvalue weighted by molar-refractivity contribution is 6.30. The Hall–Kier alpha value is -2.59. The average molecular weight is 370 g/mol. The molecule has 0 aliphatic carbocycles. The van der Waals surface area contributed by atoms with Crippen molar-refractivity contribution in [3.05, 3.63) is 71.3 Å². The standard InChI is InChI=1S/C21H20ClNO3/c1-21(2)14-23(17-6-4-3-5-7-17)20(25)19(21)26-18(24)13-10-15-8-11-16(22)12-9-15/h3-13,19H,14H2,1-2H3/b13-10+. The second-order valence-corrected chi connectivity index (χ2v) is 7.39. The van der Waals surface area contributed by atoms with Crippen LogP contribution in [0.4, 0.5) is 5.69 Å². The molecule has 2 aromatic carbocycles. The van der Waals surface area contributed by atoms with Crippen molar-refractivity contribution in [2.45, 2.75) is 20.0 Å². The third kappa shape index (κ3) is 3.97. The van der Waals surface area contributed by atoms with Crippen molar-refractivity contribution in [1.82, 2.24) is 0 Å². The van der Waals surface area contributed by atoms with Crippen molar-refractivity contribution in [2.24, 2.45) is 5.41 Å². The van der Waals surface area contributed by atoms with Crippen LogP contribution < -0.4 is 4.90 Å². The van der Waals surface area contributed by atoms with Crippen LogP contribution in [0.15, 0.2) is 60.7 Å².